The first-order chi connectivity index (χ1) is 16.6. The highest BCUT2D eigenvalue weighted by Gasteiger charge is 2.35. The molecule has 2 atom stereocenters. The number of carbonyl (C=O) groups is 1. The summed E-state index contributed by atoms with van der Waals surface area (Å²) in [6.07, 6.45) is 1.97. The van der Waals surface area contributed by atoms with Crippen molar-refractivity contribution in [3.05, 3.63) is 118 Å². The number of hydrogen-bond acceptors (Lipinski definition) is 5. The normalized spacial score (nSPS) is 19.2. The lowest BCUT2D eigenvalue weighted by atomic mass is 9.85. The molecule has 2 unspecified atom stereocenters. The standard InChI is InChI=1S/C29H27N3O2/c1-3-32(4-2)21-16-14-20(15-17-21)27-24(19-10-6-5-7-11-19)18-25(30-31-27)26-28(33)22-12-8-9-13-23(22)29(26)34/h5-18,24,27,33H,3-4H2,1-2H3. The fourth-order valence-corrected chi connectivity index (χ4v) is 4.83. The lowest BCUT2D eigenvalue weighted by Crippen LogP contribution is -2.21. The molecular weight excluding hydrogens is 422 g/mol. The van der Waals surface area contributed by atoms with Crippen LogP contribution in [0, 0.1) is 0 Å². The smallest absolute Gasteiger partial charge is 0.199 e. The topological polar surface area (TPSA) is 65.3 Å². The maximum atomic E-state index is 13.1. The Morgan fingerprint density at radius 3 is 2.12 bits per heavy atom. The van der Waals surface area contributed by atoms with Crippen LogP contribution in [-0.4, -0.2) is 24.0 Å². The van der Waals surface area contributed by atoms with Gasteiger partial charge < -0.3 is 10.0 Å². The predicted octanol–water partition coefficient (Wildman–Crippen LogP) is 6.87. The van der Waals surface area contributed by atoms with E-state index in [1.807, 2.05) is 30.3 Å². The number of aliphatic hydroxyl groups excluding tert-OH is 1. The SMILES string of the molecule is CCN(CC)c1ccc(C2N=NC(C3=C(O)c4ccccc4C3=O)=CC2c2ccccc2)cc1. The molecule has 0 fully saturated rings. The molecule has 5 heteroatoms. The van der Waals surface area contributed by atoms with Gasteiger partial charge in [-0.2, -0.15) is 10.2 Å². The van der Waals surface area contributed by atoms with Gasteiger partial charge in [-0.3, -0.25) is 4.79 Å². The number of fused-ring (bicyclic) bond motifs is 1. The minimum absolute atomic E-state index is 0.0281. The summed E-state index contributed by atoms with van der Waals surface area (Å²) in [6.45, 7) is 6.20. The van der Waals surface area contributed by atoms with E-state index in [0.29, 0.717) is 16.8 Å². The molecule has 0 bridgehead atoms. The molecule has 0 amide bonds. The molecule has 3 aromatic rings. The summed E-state index contributed by atoms with van der Waals surface area (Å²) in [5.74, 6) is -0.364. The van der Waals surface area contributed by atoms with Gasteiger partial charge in [-0.1, -0.05) is 66.7 Å². The summed E-state index contributed by atoms with van der Waals surface area (Å²) in [5.41, 5.74) is 5.01. The van der Waals surface area contributed by atoms with Crippen LogP contribution in [0.3, 0.4) is 0 Å². The number of allylic oxidation sites excluding steroid dienone is 1. The Balaban J connectivity index is 1.54. The van der Waals surface area contributed by atoms with Gasteiger partial charge in [0.05, 0.1) is 11.3 Å². The predicted molar refractivity (Wildman–Crippen MR) is 135 cm³/mol. The van der Waals surface area contributed by atoms with Crippen LogP contribution in [0.2, 0.25) is 0 Å². The molecule has 0 saturated heterocycles. The number of rotatable bonds is 6. The van der Waals surface area contributed by atoms with Crippen molar-refractivity contribution in [2.24, 2.45) is 10.2 Å². The lowest BCUT2D eigenvalue weighted by Gasteiger charge is -2.26. The van der Waals surface area contributed by atoms with Crippen molar-refractivity contribution in [1.82, 2.24) is 0 Å². The van der Waals surface area contributed by atoms with Gasteiger partial charge in [-0.05, 0) is 43.2 Å². The Labute approximate surface area is 199 Å². The van der Waals surface area contributed by atoms with Crippen LogP contribution in [0.25, 0.3) is 5.76 Å². The monoisotopic (exact) mass is 449 g/mol. The summed E-state index contributed by atoms with van der Waals surface area (Å²) >= 11 is 0. The van der Waals surface area contributed by atoms with Crippen molar-refractivity contribution < 1.29 is 9.90 Å². The van der Waals surface area contributed by atoms with Crippen LogP contribution >= 0.6 is 0 Å². The molecule has 1 N–H and O–H groups in total. The van der Waals surface area contributed by atoms with Gasteiger partial charge in [0, 0.05) is 35.8 Å². The van der Waals surface area contributed by atoms with Gasteiger partial charge in [-0.15, -0.1) is 0 Å². The number of carbonyl (C=O) groups excluding carboxylic acids is 1. The summed E-state index contributed by atoms with van der Waals surface area (Å²) in [4.78, 5) is 15.4. The summed E-state index contributed by atoms with van der Waals surface area (Å²) < 4.78 is 0. The molecule has 3 aromatic carbocycles. The third kappa shape index (κ3) is 3.73. The van der Waals surface area contributed by atoms with Crippen molar-refractivity contribution in [2.45, 2.75) is 25.8 Å². The number of benzene rings is 3. The average Bonchev–Trinajstić information content (AvgIpc) is 3.15. The molecule has 0 spiro atoms. The van der Waals surface area contributed by atoms with Gasteiger partial charge >= 0.3 is 0 Å². The van der Waals surface area contributed by atoms with Crippen LogP contribution in [-0.2, 0) is 0 Å². The summed E-state index contributed by atoms with van der Waals surface area (Å²) in [6, 6.07) is 25.5. The Bertz CT molecular complexity index is 1300. The number of anilines is 1. The molecule has 5 nitrogen and oxygen atoms in total. The zero-order valence-electron chi connectivity index (χ0n) is 19.3. The van der Waals surface area contributed by atoms with Crippen LogP contribution < -0.4 is 4.90 Å². The van der Waals surface area contributed by atoms with Gasteiger partial charge in [-0.25, -0.2) is 0 Å². The van der Waals surface area contributed by atoms with E-state index in [1.165, 1.54) is 5.69 Å². The minimum atomic E-state index is -0.224. The second-order valence-electron chi connectivity index (χ2n) is 8.51. The highest BCUT2D eigenvalue weighted by molar-refractivity contribution is 6.22. The van der Waals surface area contributed by atoms with Crippen LogP contribution in [0.5, 0.6) is 0 Å². The molecule has 1 heterocycles. The van der Waals surface area contributed by atoms with E-state index in [9.17, 15) is 9.90 Å². The number of aliphatic hydroxyl groups is 1. The van der Waals surface area contributed by atoms with Crippen LogP contribution in [0.15, 0.2) is 106 Å². The third-order valence-corrected chi connectivity index (χ3v) is 6.66. The van der Waals surface area contributed by atoms with Gasteiger partial charge in [0.2, 0.25) is 0 Å². The second-order valence-corrected chi connectivity index (χ2v) is 8.51. The van der Waals surface area contributed by atoms with Crippen molar-refractivity contribution in [2.75, 3.05) is 18.0 Å². The molecule has 0 radical (unpaired) electrons. The molecule has 2 aliphatic rings. The first-order valence-corrected chi connectivity index (χ1v) is 11.7. The molecule has 34 heavy (non-hydrogen) atoms. The van der Waals surface area contributed by atoms with Crippen LogP contribution in [0.4, 0.5) is 5.69 Å². The molecule has 0 aromatic heterocycles. The quantitative estimate of drug-likeness (QED) is 0.446. The van der Waals surface area contributed by atoms with Crippen molar-refractivity contribution in [3.63, 3.8) is 0 Å². The van der Waals surface area contributed by atoms with E-state index in [1.54, 1.807) is 18.2 Å². The minimum Gasteiger partial charge on any atom is -0.506 e. The number of Topliss-reactive ketones (excluding diaryl/α,β-unsaturated/α-hetero) is 1. The summed E-state index contributed by atoms with van der Waals surface area (Å²) in [7, 11) is 0. The van der Waals surface area contributed by atoms with Crippen molar-refractivity contribution in [1.29, 1.82) is 0 Å². The molecule has 5 rings (SSSR count). The Hall–Kier alpha value is -3.99. The fraction of sp³-hybridized carbons (Fsp3) is 0.207. The van der Waals surface area contributed by atoms with E-state index < -0.39 is 0 Å². The molecular formula is C29H27N3O2. The van der Waals surface area contributed by atoms with E-state index in [0.717, 1.165) is 24.2 Å². The molecule has 0 saturated carbocycles. The zero-order chi connectivity index (χ0) is 23.7. The maximum absolute atomic E-state index is 13.1. The number of azo groups is 1. The fourth-order valence-electron chi connectivity index (χ4n) is 4.83. The van der Waals surface area contributed by atoms with Gasteiger partial charge in [0.25, 0.3) is 0 Å². The van der Waals surface area contributed by atoms with E-state index >= 15 is 0 Å². The molecule has 1 aliphatic heterocycles. The van der Waals surface area contributed by atoms with Gasteiger partial charge in [0.1, 0.15) is 11.8 Å². The van der Waals surface area contributed by atoms with Gasteiger partial charge in [0.15, 0.2) is 5.78 Å². The van der Waals surface area contributed by atoms with Crippen molar-refractivity contribution >= 4 is 17.2 Å². The number of hydrogen-bond donors (Lipinski definition) is 1. The largest absolute Gasteiger partial charge is 0.506 e. The average molecular weight is 450 g/mol. The highest BCUT2D eigenvalue weighted by atomic mass is 16.3. The highest BCUT2D eigenvalue weighted by Crippen LogP contribution is 2.44. The molecule has 1 aliphatic carbocycles. The second kappa shape index (κ2) is 9.10. The maximum Gasteiger partial charge on any atom is 0.199 e. The van der Waals surface area contributed by atoms with E-state index in [4.69, 9.17) is 0 Å². The van der Waals surface area contributed by atoms with E-state index in [-0.39, 0.29) is 29.1 Å². The summed E-state index contributed by atoms with van der Waals surface area (Å²) in [5, 5.41) is 20.0. The number of ketones is 1. The molecule has 170 valence electrons. The Kier molecular flexibility index (Phi) is 5.84. The van der Waals surface area contributed by atoms with Crippen molar-refractivity contribution in [3.8, 4) is 0 Å². The third-order valence-electron chi connectivity index (χ3n) is 6.66. The Morgan fingerprint density at radius 1 is 0.824 bits per heavy atom. The lowest BCUT2D eigenvalue weighted by molar-refractivity contribution is 0.103. The zero-order valence-corrected chi connectivity index (χ0v) is 19.3. The first kappa shape index (κ1) is 21.8. The number of nitrogens with zero attached hydrogens (tertiary/aromatic N) is 3. The van der Waals surface area contributed by atoms with E-state index in [2.05, 4.69) is 65.4 Å². The first-order valence-electron chi connectivity index (χ1n) is 11.7. The van der Waals surface area contributed by atoms with Crippen LogP contribution in [0.1, 0.15) is 52.9 Å². The Morgan fingerprint density at radius 2 is 1.47 bits per heavy atom.